The normalized spacial score (nSPS) is 20.8. The Morgan fingerprint density at radius 2 is 2.00 bits per heavy atom. The third-order valence-corrected chi connectivity index (χ3v) is 4.97. The van der Waals surface area contributed by atoms with E-state index < -0.39 is 0 Å². The molecule has 1 aliphatic rings. The van der Waals surface area contributed by atoms with Crippen LogP contribution >= 0.6 is 0 Å². The molecule has 0 atom stereocenters. The number of hydrogen-bond donors (Lipinski definition) is 2. The van der Waals surface area contributed by atoms with Gasteiger partial charge in [0.1, 0.15) is 0 Å². The van der Waals surface area contributed by atoms with Gasteiger partial charge in [0, 0.05) is 6.04 Å². The Morgan fingerprint density at radius 1 is 1.29 bits per heavy atom. The molecule has 0 aromatic heterocycles. The molecule has 1 aliphatic carbocycles. The van der Waals surface area contributed by atoms with E-state index in [-0.39, 0.29) is 11.7 Å². The minimum absolute atomic E-state index is 0.0494. The molecule has 1 saturated carbocycles. The zero-order valence-electron chi connectivity index (χ0n) is 15.2. The highest BCUT2D eigenvalue weighted by molar-refractivity contribution is 5.79. The SMILES string of the molecule is COc1cc(CC(=O)NC2CCC(CCC(C)C)CC2)ccc1O. The van der Waals surface area contributed by atoms with E-state index in [9.17, 15) is 9.90 Å². The van der Waals surface area contributed by atoms with Crippen LogP contribution < -0.4 is 10.1 Å². The fraction of sp³-hybridized carbons (Fsp3) is 0.650. The second-order valence-corrected chi connectivity index (χ2v) is 7.44. The van der Waals surface area contributed by atoms with Crippen molar-refractivity contribution in [2.75, 3.05) is 7.11 Å². The summed E-state index contributed by atoms with van der Waals surface area (Å²) in [6.07, 6.45) is 7.59. The predicted octanol–water partition coefficient (Wildman–Crippen LogP) is 4.05. The van der Waals surface area contributed by atoms with Gasteiger partial charge in [0.05, 0.1) is 13.5 Å². The summed E-state index contributed by atoms with van der Waals surface area (Å²) in [5.74, 6) is 2.17. The van der Waals surface area contributed by atoms with E-state index in [2.05, 4.69) is 19.2 Å². The lowest BCUT2D eigenvalue weighted by Gasteiger charge is -2.29. The van der Waals surface area contributed by atoms with E-state index >= 15 is 0 Å². The van der Waals surface area contributed by atoms with Crippen LogP contribution in [0.25, 0.3) is 0 Å². The van der Waals surface area contributed by atoms with Gasteiger partial charge in [0.2, 0.25) is 5.91 Å². The summed E-state index contributed by atoms with van der Waals surface area (Å²) >= 11 is 0. The molecule has 0 bridgehead atoms. The second kappa shape index (κ2) is 8.95. The lowest BCUT2D eigenvalue weighted by molar-refractivity contribution is -0.121. The number of carbonyl (C=O) groups is 1. The first kappa shape index (κ1) is 18.6. The maximum atomic E-state index is 12.2. The average molecular weight is 333 g/mol. The zero-order chi connectivity index (χ0) is 17.5. The maximum absolute atomic E-state index is 12.2. The number of aromatic hydroxyl groups is 1. The van der Waals surface area contributed by atoms with Crippen molar-refractivity contribution in [1.29, 1.82) is 0 Å². The van der Waals surface area contributed by atoms with Gasteiger partial charge >= 0.3 is 0 Å². The quantitative estimate of drug-likeness (QED) is 0.791. The van der Waals surface area contributed by atoms with Crippen molar-refractivity contribution in [2.45, 2.75) is 64.8 Å². The molecule has 134 valence electrons. The van der Waals surface area contributed by atoms with Crippen LogP contribution in [-0.2, 0) is 11.2 Å². The lowest BCUT2D eigenvalue weighted by atomic mass is 9.82. The molecule has 1 fully saturated rings. The molecule has 0 spiro atoms. The number of phenolic OH excluding ortho intramolecular Hbond substituents is 1. The van der Waals surface area contributed by atoms with Crippen LogP contribution in [0.2, 0.25) is 0 Å². The summed E-state index contributed by atoms with van der Waals surface area (Å²) in [7, 11) is 1.51. The molecule has 0 heterocycles. The molecule has 4 nitrogen and oxygen atoms in total. The molecule has 24 heavy (non-hydrogen) atoms. The number of carbonyl (C=O) groups excluding carboxylic acids is 1. The van der Waals surface area contributed by atoms with Crippen LogP contribution in [0.4, 0.5) is 0 Å². The highest BCUT2D eigenvalue weighted by Crippen LogP contribution is 2.29. The minimum atomic E-state index is 0.0494. The largest absolute Gasteiger partial charge is 0.504 e. The van der Waals surface area contributed by atoms with E-state index in [0.29, 0.717) is 18.2 Å². The van der Waals surface area contributed by atoms with Gasteiger partial charge in [-0.3, -0.25) is 4.79 Å². The molecule has 1 aromatic carbocycles. The molecule has 0 aliphatic heterocycles. The Morgan fingerprint density at radius 3 is 2.62 bits per heavy atom. The Bertz CT molecular complexity index is 534. The summed E-state index contributed by atoms with van der Waals surface area (Å²) in [6.45, 7) is 4.56. The highest BCUT2D eigenvalue weighted by Gasteiger charge is 2.22. The van der Waals surface area contributed by atoms with Crippen molar-refractivity contribution in [3.8, 4) is 11.5 Å². The molecule has 4 heteroatoms. The first-order valence-electron chi connectivity index (χ1n) is 9.13. The number of nitrogens with one attached hydrogen (secondary N) is 1. The Labute approximate surface area is 145 Å². The summed E-state index contributed by atoms with van der Waals surface area (Å²) in [6, 6.07) is 5.37. The minimum Gasteiger partial charge on any atom is -0.504 e. The molecule has 2 N–H and O–H groups in total. The Hall–Kier alpha value is -1.71. The first-order valence-corrected chi connectivity index (χ1v) is 9.13. The van der Waals surface area contributed by atoms with Gasteiger partial charge in [-0.05, 0) is 55.2 Å². The number of methoxy groups -OCH3 is 1. The molecule has 0 saturated heterocycles. The maximum Gasteiger partial charge on any atom is 0.224 e. The van der Waals surface area contributed by atoms with Crippen LogP contribution in [0.3, 0.4) is 0 Å². The fourth-order valence-corrected chi connectivity index (χ4v) is 3.46. The van der Waals surface area contributed by atoms with Crippen molar-refractivity contribution in [2.24, 2.45) is 11.8 Å². The summed E-state index contributed by atoms with van der Waals surface area (Å²) in [5, 5.41) is 12.8. The predicted molar refractivity (Wildman–Crippen MR) is 96.3 cm³/mol. The molecule has 1 aromatic rings. The monoisotopic (exact) mass is 333 g/mol. The number of phenols is 1. The van der Waals surface area contributed by atoms with Crippen LogP contribution in [0.1, 0.15) is 57.9 Å². The summed E-state index contributed by atoms with van der Waals surface area (Å²) < 4.78 is 5.09. The van der Waals surface area contributed by atoms with E-state index in [1.165, 1.54) is 32.8 Å². The molecule has 0 radical (unpaired) electrons. The van der Waals surface area contributed by atoms with Gasteiger partial charge < -0.3 is 15.2 Å². The molecular weight excluding hydrogens is 302 g/mol. The third-order valence-electron chi connectivity index (χ3n) is 4.97. The molecular formula is C20H31NO3. The third kappa shape index (κ3) is 5.73. The topological polar surface area (TPSA) is 58.6 Å². The average Bonchev–Trinajstić information content (AvgIpc) is 2.56. The number of rotatable bonds is 7. The van der Waals surface area contributed by atoms with Crippen LogP contribution in [0.15, 0.2) is 18.2 Å². The first-order chi connectivity index (χ1) is 11.5. The molecule has 0 unspecified atom stereocenters. The van der Waals surface area contributed by atoms with E-state index in [1.54, 1.807) is 18.2 Å². The van der Waals surface area contributed by atoms with Crippen molar-refractivity contribution < 1.29 is 14.6 Å². The van der Waals surface area contributed by atoms with E-state index in [0.717, 1.165) is 30.2 Å². The summed E-state index contributed by atoms with van der Waals surface area (Å²) in [4.78, 5) is 12.2. The molecule has 2 rings (SSSR count). The lowest BCUT2D eigenvalue weighted by Crippen LogP contribution is -2.38. The van der Waals surface area contributed by atoms with Crippen LogP contribution in [0.5, 0.6) is 11.5 Å². The second-order valence-electron chi connectivity index (χ2n) is 7.44. The van der Waals surface area contributed by atoms with Crippen molar-refractivity contribution >= 4 is 5.91 Å². The number of hydrogen-bond acceptors (Lipinski definition) is 3. The molecule has 1 amide bonds. The van der Waals surface area contributed by atoms with Crippen molar-refractivity contribution in [1.82, 2.24) is 5.32 Å². The van der Waals surface area contributed by atoms with Gasteiger partial charge in [0.25, 0.3) is 0 Å². The van der Waals surface area contributed by atoms with Gasteiger partial charge in [-0.15, -0.1) is 0 Å². The zero-order valence-corrected chi connectivity index (χ0v) is 15.2. The Kier molecular flexibility index (Phi) is 6.95. The Balaban J connectivity index is 1.75. The van der Waals surface area contributed by atoms with Gasteiger partial charge in [-0.25, -0.2) is 0 Å². The number of benzene rings is 1. The standard InChI is InChI=1S/C20H31NO3/c1-14(2)4-5-15-6-9-17(10-7-15)21-20(23)13-16-8-11-18(22)19(12-16)24-3/h8,11-12,14-15,17,22H,4-7,9-10,13H2,1-3H3,(H,21,23). The number of ether oxygens (including phenoxy) is 1. The van der Waals surface area contributed by atoms with E-state index in [1.807, 2.05) is 0 Å². The summed E-state index contributed by atoms with van der Waals surface area (Å²) in [5.41, 5.74) is 0.854. The fourth-order valence-electron chi connectivity index (χ4n) is 3.46. The highest BCUT2D eigenvalue weighted by atomic mass is 16.5. The van der Waals surface area contributed by atoms with Gasteiger partial charge in [-0.2, -0.15) is 0 Å². The van der Waals surface area contributed by atoms with Gasteiger partial charge in [-0.1, -0.05) is 32.8 Å². The van der Waals surface area contributed by atoms with Crippen molar-refractivity contribution in [3.05, 3.63) is 23.8 Å². The smallest absolute Gasteiger partial charge is 0.224 e. The van der Waals surface area contributed by atoms with Crippen molar-refractivity contribution in [3.63, 3.8) is 0 Å². The number of amides is 1. The van der Waals surface area contributed by atoms with Crippen LogP contribution in [0, 0.1) is 11.8 Å². The van der Waals surface area contributed by atoms with Gasteiger partial charge in [0.15, 0.2) is 11.5 Å². The van der Waals surface area contributed by atoms with Crippen LogP contribution in [-0.4, -0.2) is 24.2 Å². The van der Waals surface area contributed by atoms with E-state index in [4.69, 9.17) is 4.74 Å².